The Morgan fingerprint density at radius 3 is 3.08 bits per heavy atom. The van der Waals surface area contributed by atoms with Crippen molar-refractivity contribution in [2.45, 2.75) is 31.9 Å². The van der Waals surface area contributed by atoms with Crippen molar-refractivity contribution in [2.75, 3.05) is 19.7 Å². The molecular formula is C20H22ClN3O2. The number of urea groups is 1. The van der Waals surface area contributed by atoms with Crippen molar-refractivity contribution in [1.29, 1.82) is 0 Å². The van der Waals surface area contributed by atoms with E-state index < -0.39 is 0 Å². The number of hydrogen-bond acceptors (Lipinski definition) is 3. The third-order valence-electron chi connectivity index (χ3n) is 4.91. The van der Waals surface area contributed by atoms with Crippen molar-refractivity contribution in [3.05, 3.63) is 58.3 Å². The summed E-state index contributed by atoms with van der Waals surface area (Å²) in [6, 6.07) is 5.86. The largest absolute Gasteiger partial charge is 0.373 e. The number of halogens is 1. The number of fused-ring (bicyclic) bond motifs is 1. The number of aliphatic imine (C=N–C) groups is 1. The standard InChI is InChI=1S/C20H22ClN3O2/c1-20(2)12-24(8-9-26-20)11-14-4-3-5-15(18(14)21)13-6-7-16-17(10-13)23-19(25)22-16/h3-7,10,13H,8-9,11-12H2,1-2H3,(H,23,25). The maximum absolute atomic E-state index is 11.4. The highest BCUT2D eigenvalue weighted by Crippen LogP contribution is 2.33. The fourth-order valence-electron chi connectivity index (χ4n) is 3.72. The van der Waals surface area contributed by atoms with Gasteiger partial charge < -0.3 is 10.1 Å². The molecule has 1 aliphatic carbocycles. The third-order valence-corrected chi connectivity index (χ3v) is 5.37. The number of benzene rings is 1. The van der Waals surface area contributed by atoms with E-state index in [1.165, 1.54) is 0 Å². The molecular weight excluding hydrogens is 350 g/mol. The lowest BCUT2D eigenvalue weighted by atomic mass is 9.91. The first-order chi connectivity index (χ1) is 12.4. The molecule has 1 saturated heterocycles. The molecule has 4 rings (SSSR count). The zero-order valence-electron chi connectivity index (χ0n) is 15.0. The summed E-state index contributed by atoms with van der Waals surface area (Å²) in [5, 5.41) is 3.55. The molecule has 0 saturated carbocycles. The van der Waals surface area contributed by atoms with Gasteiger partial charge in [0, 0.05) is 30.6 Å². The second-order valence-corrected chi connectivity index (χ2v) is 7.91. The Morgan fingerprint density at radius 2 is 2.27 bits per heavy atom. The molecule has 136 valence electrons. The van der Waals surface area contributed by atoms with Crippen molar-refractivity contribution in [2.24, 2.45) is 4.99 Å². The van der Waals surface area contributed by atoms with E-state index >= 15 is 0 Å². The van der Waals surface area contributed by atoms with E-state index in [-0.39, 0.29) is 17.6 Å². The van der Waals surface area contributed by atoms with Gasteiger partial charge in [0.15, 0.2) is 0 Å². The molecule has 0 radical (unpaired) electrons. The summed E-state index contributed by atoms with van der Waals surface area (Å²) in [6.45, 7) is 7.56. The molecule has 0 bridgehead atoms. The number of carbonyl (C=O) groups excluding carboxylic acids is 1. The lowest BCUT2D eigenvalue weighted by Gasteiger charge is -2.38. The number of nitrogens with one attached hydrogen (secondary N) is 1. The Balaban J connectivity index is 1.56. The predicted molar refractivity (Wildman–Crippen MR) is 103 cm³/mol. The Morgan fingerprint density at radius 1 is 1.42 bits per heavy atom. The number of carbonyl (C=O) groups is 1. The fraction of sp³-hybridized carbons (Fsp3) is 0.400. The number of nitrogens with zero attached hydrogens (tertiary/aromatic N) is 2. The van der Waals surface area contributed by atoms with Crippen molar-refractivity contribution in [1.82, 2.24) is 10.2 Å². The average Bonchev–Trinajstić information content (AvgIpc) is 2.95. The molecule has 5 nitrogen and oxygen atoms in total. The molecule has 1 fully saturated rings. The van der Waals surface area contributed by atoms with Gasteiger partial charge in [0.25, 0.3) is 0 Å². The lowest BCUT2D eigenvalue weighted by molar-refractivity contribution is -0.0882. The van der Waals surface area contributed by atoms with E-state index in [9.17, 15) is 4.79 Å². The Bertz CT molecular complexity index is 841. The maximum atomic E-state index is 11.4. The number of morpholine rings is 1. The molecule has 6 heteroatoms. The molecule has 2 amide bonds. The summed E-state index contributed by atoms with van der Waals surface area (Å²) in [5.41, 5.74) is 3.48. The van der Waals surface area contributed by atoms with Crippen LogP contribution in [-0.4, -0.2) is 41.9 Å². The van der Waals surface area contributed by atoms with Crippen molar-refractivity contribution in [3.63, 3.8) is 0 Å². The average molecular weight is 372 g/mol. The van der Waals surface area contributed by atoms with Gasteiger partial charge >= 0.3 is 6.03 Å². The monoisotopic (exact) mass is 371 g/mol. The lowest BCUT2D eigenvalue weighted by Crippen LogP contribution is -2.47. The van der Waals surface area contributed by atoms with Crippen LogP contribution in [0.1, 0.15) is 30.9 Å². The maximum Gasteiger partial charge on any atom is 0.346 e. The fourth-order valence-corrected chi connectivity index (χ4v) is 4.04. The van der Waals surface area contributed by atoms with Gasteiger partial charge in [-0.3, -0.25) is 4.90 Å². The number of ether oxygens (including phenoxy) is 1. The van der Waals surface area contributed by atoms with Crippen molar-refractivity contribution < 1.29 is 9.53 Å². The van der Waals surface area contributed by atoms with Gasteiger partial charge in [0.2, 0.25) is 0 Å². The van der Waals surface area contributed by atoms with Crippen molar-refractivity contribution in [3.8, 4) is 0 Å². The summed E-state index contributed by atoms with van der Waals surface area (Å²) in [6.07, 6.45) is 5.92. The second kappa shape index (κ2) is 6.65. The highest BCUT2D eigenvalue weighted by Gasteiger charge is 2.28. The molecule has 0 spiro atoms. The SMILES string of the molecule is CC1(C)CN(Cc2cccc(C3C=CC4=NC(=O)NC4=C3)c2Cl)CCO1. The van der Waals surface area contributed by atoms with Crippen molar-refractivity contribution >= 4 is 23.3 Å². The van der Waals surface area contributed by atoms with Gasteiger partial charge in [-0.1, -0.05) is 35.9 Å². The molecule has 26 heavy (non-hydrogen) atoms. The van der Waals surface area contributed by atoms with E-state index in [1.54, 1.807) is 0 Å². The molecule has 3 aliphatic rings. The van der Waals surface area contributed by atoms with Gasteiger partial charge in [0.1, 0.15) is 0 Å². The van der Waals surface area contributed by atoms with Gasteiger partial charge in [-0.25, -0.2) is 4.79 Å². The molecule has 1 aromatic rings. The van der Waals surface area contributed by atoms with Crippen LogP contribution >= 0.6 is 11.6 Å². The van der Waals surface area contributed by atoms with E-state index in [0.717, 1.165) is 48.1 Å². The van der Waals surface area contributed by atoms with Crippen LogP contribution in [0.3, 0.4) is 0 Å². The van der Waals surface area contributed by atoms with Crippen LogP contribution in [0.2, 0.25) is 5.02 Å². The summed E-state index contributed by atoms with van der Waals surface area (Å²) in [5.74, 6) is 0.0240. The molecule has 1 N–H and O–H groups in total. The van der Waals surface area contributed by atoms with Crippen LogP contribution in [0.4, 0.5) is 4.79 Å². The number of hydrogen-bond donors (Lipinski definition) is 1. The molecule has 0 aromatic heterocycles. The second-order valence-electron chi connectivity index (χ2n) is 7.53. The van der Waals surface area contributed by atoms with E-state index in [0.29, 0.717) is 5.71 Å². The highest BCUT2D eigenvalue weighted by atomic mass is 35.5. The predicted octanol–water partition coefficient (Wildman–Crippen LogP) is 3.65. The Labute approximate surface area is 158 Å². The molecule has 2 aliphatic heterocycles. The first-order valence-electron chi connectivity index (χ1n) is 8.85. The first kappa shape index (κ1) is 17.5. The van der Waals surface area contributed by atoms with Crippen LogP contribution in [-0.2, 0) is 11.3 Å². The minimum Gasteiger partial charge on any atom is -0.373 e. The van der Waals surface area contributed by atoms with E-state index in [4.69, 9.17) is 16.3 Å². The molecule has 1 unspecified atom stereocenters. The first-order valence-corrected chi connectivity index (χ1v) is 9.23. The van der Waals surface area contributed by atoms with Crippen LogP contribution in [0, 0.1) is 0 Å². The minimum atomic E-state index is -0.314. The quantitative estimate of drug-likeness (QED) is 0.882. The topological polar surface area (TPSA) is 53.9 Å². The molecule has 1 atom stereocenters. The molecule has 1 aromatic carbocycles. The van der Waals surface area contributed by atoms with E-state index in [2.05, 4.69) is 35.1 Å². The van der Waals surface area contributed by atoms with Crippen LogP contribution in [0.25, 0.3) is 0 Å². The normalized spacial score (nSPS) is 24.7. The smallest absolute Gasteiger partial charge is 0.346 e. The Kier molecular flexibility index (Phi) is 4.47. The van der Waals surface area contributed by atoms with Crippen LogP contribution in [0.5, 0.6) is 0 Å². The third kappa shape index (κ3) is 3.47. The zero-order valence-corrected chi connectivity index (χ0v) is 15.7. The number of rotatable bonds is 3. The van der Waals surface area contributed by atoms with Gasteiger partial charge in [0.05, 0.1) is 23.6 Å². The molecule has 2 heterocycles. The summed E-state index contributed by atoms with van der Waals surface area (Å²) >= 11 is 6.77. The van der Waals surface area contributed by atoms with Crippen LogP contribution in [0.15, 0.2) is 47.1 Å². The zero-order chi connectivity index (χ0) is 18.3. The van der Waals surface area contributed by atoms with Gasteiger partial charge in [-0.15, -0.1) is 0 Å². The minimum absolute atomic E-state index is 0.0240. The highest BCUT2D eigenvalue weighted by molar-refractivity contribution is 6.32. The number of amides is 2. The number of allylic oxidation sites excluding steroid dienone is 3. The van der Waals surface area contributed by atoms with Crippen LogP contribution < -0.4 is 5.32 Å². The van der Waals surface area contributed by atoms with E-state index in [1.807, 2.05) is 30.4 Å². The summed E-state index contributed by atoms with van der Waals surface area (Å²) in [7, 11) is 0. The Hall–Kier alpha value is -1.95. The van der Waals surface area contributed by atoms with Gasteiger partial charge in [-0.05, 0) is 37.1 Å². The van der Waals surface area contributed by atoms with Gasteiger partial charge in [-0.2, -0.15) is 4.99 Å². The summed E-state index contributed by atoms with van der Waals surface area (Å²) in [4.78, 5) is 17.7. The summed E-state index contributed by atoms with van der Waals surface area (Å²) < 4.78 is 5.79.